The number of fused-ring (bicyclic) bond motifs is 2. The lowest BCUT2D eigenvalue weighted by Crippen LogP contribution is -2.31. The summed E-state index contributed by atoms with van der Waals surface area (Å²) in [6.07, 6.45) is 0.839. The fourth-order valence-corrected chi connectivity index (χ4v) is 5.11. The van der Waals surface area contributed by atoms with E-state index in [4.69, 9.17) is 21.3 Å². The van der Waals surface area contributed by atoms with E-state index in [2.05, 4.69) is 0 Å². The van der Waals surface area contributed by atoms with Crippen LogP contribution in [0.15, 0.2) is 76.7 Å². The average Bonchev–Trinajstić information content (AvgIpc) is 3.27. The fraction of sp³-hybridized carbons (Fsp3) is 0.160. The second-order valence-corrected chi connectivity index (χ2v) is 8.96. The topological polar surface area (TPSA) is 64.4 Å². The zero-order valence-electron chi connectivity index (χ0n) is 17.8. The third-order valence-corrected chi connectivity index (χ3v) is 6.80. The highest BCUT2D eigenvalue weighted by atomic mass is 35.5. The molecule has 1 aliphatic heterocycles. The van der Waals surface area contributed by atoms with Crippen LogP contribution < -0.4 is 15.2 Å². The smallest absolute Gasteiger partial charge is 0.266 e. The molecule has 0 fully saturated rings. The van der Waals surface area contributed by atoms with Crippen molar-refractivity contribution >= 4 is 45.9 Å². The van der Waals surface area contributed by atoms with Gasteiger partial charge in [0.1, 0.15) is 5.75 Å². The van der Waals surface area contributed by atoms with Crippen molar-refractivity contribution in [1.82, 2.24) is 9.55 Å². The van der Waals surface area contributed by atoms with Crippen LogP contribution in [0.4, 0.5) is 5.69 Å². The van der Waals surface area contributed by atoms with Gasteiger partial charge in [0.05, 0.1) is 29.5 Å². The first kappa shape index (κ1) is 21.6. The Morgan fingerprint density at radius 2 is 1.85 bits per heavy atom. The normalized spacial score (nSPS) is 12.7. The van der Waals surface area contributed by atoms with E-state index in [9.17, 15) is 9.59 Å². The van der Waals surface area contributed by atoms with Crippen molar-refractivity contribution in [3.63, 3.8) is 0 Å². The number of thioether (sulfide) groups is 1. The number of carbonyl (C=O) groups is 1. The third kappa shape index (κ3) is 3.98. The Labute approximate surface area is 199 Å². The SMILES string of the molecule is COc1ccccc1-n1c(SCC(=O)N2CCc3ccccc32)nc2cc(Cl)ccc2c1=O. The van der Waals surface area contributed by atoms with Crippen LogP contribution >= 0.6 is 23.4 Å². The zero-order valence-corrected chi connectivity index (χ0v) is 19.4. The summed E-state index contributed by atoms with van der Waals surface area (Å²) < 4.78 is 7.00. The van der Waals surface area contributed by atoms with Gasteiger partial charge in [-0.05, 0) is 48.4 Å². The Kier molecular flexibility index (Phi) is 5.83. The lowest BCUT2D eigenvalue weighted by molar-refractivity contribution is -0.116. The number of amides is 1. The molecule has 2 heterocycles. The molecule has 1 aromatic heterocycles. The van der Waals surface area contributed by atoms with E-state index in [-0.39, 0.29) is 17.2 Å². The van der Waals surface area contributed by atoms with Crippen molar-refractivity contribution in [3.8, 4) is 11.4 Å². The fourth-order valence-electron chi connectivity index (χ4n) is 4.06. The predicted molar refractivity (Wildman–Crippen MR) is 132 cm³/mol. The molecule has 0 saturated carbocycles. The first-order chi connectivity index (χ1) is 16.1. The molecule has 0 bridgehead atoms. The Balaban J connectivity index is 1.55. The first-order valence-corrected chi connectivity index (χ1v) is 11.8. The molecular formula is C25H20ClN3O3S. The van der Waals surface area contributed by atoms with Crippen molar-refractivity contribution in [1.29, 1.82) is 0 Å². The van der Waals surface area contributed by atoms with Crippen molar-refractivity contribution in [2.75, 3.05) is 24.3 Å². The molecule has 166 valence electrons. The summed E-state index contributed by atoms with van der Waals surface area (Å²) in [6.45, 7) is 0.652. The van der Waals surface area contributed by atoms with Gasteiger partial charge in [-0.15, -0.1) is 0 Å². The molecule has 0 unspecified atom stereocenters. The summed E-state index contributed by atoms with van der Waals surface area (Å²) in [4.78, 5) is 33.1. The number of carbonyl (C=O) groups excluding carboxylic acids is 1. The van der Waals surface area contributed by atoms with Gasteiger partial charge in [0.25, 0.3) is 5.56 Å². The van der Waals surface area contributed by atoms with Crippen LogP contribution in [0, 0.1) is 0 Å². The minimum atomic E-state index is -0.248. The minimum absolute atomic E-state index is 0.0306. The summed E-state index contributed by atoms with van der Waals surface area (Å²) in [6, 6.07) is 20.2. The van der Waals surface area contributed by atoms with Gasteiger partial charge in [-0.1, -0.05) is 53.7 Å². The van der Waals surface area contributed by atoms with Gasteiger partial charge in [0.2, 0.25) is 5.91 Å². The number of methoxy groups -OCH3 is 1. The summed E-state index contributed by atoms with van der Waals surface area (Å²) in [5.41, 5.74) is 2.92. The van der Waals surface area contributed by atoms with Crippen molar-refractivity contribution in [2.45, 2.75) is 11.6 Å². The maximum Gasteiger partial charge on any atom is 0.266 e. The van der Waals surface area contributed by atoms with Gasteiger partial charge >= 0.3 is 0 Å². The summed E-state index contributed by atoms with van der Waals surface area (Å²) in [5, 5.41) is 1.33. The van der Waals surface area contributed by atoms with Crippen LogP contribution in [0.25, 0.3) is 16.6 Å². The average molecular weight is 478 g/mol. The van der Waals surface area contributed by atoms with Crippen LogP contribution in [0.2, 0.25) is 5.02 Å². The number of aromatic nitrogens is 2. The molecule has 33 heavy (non-hydrogen) atoms. The van der Waals surface area contributed by atoms with Gasteiger partial charge in [-0.25, -0.2) is 4.98 Å². The molecule has 6 nitrogen and oxygen atoms in total. The highest BCUT2D eigenvalue weighted by molar-refractivity contribution is 7.99. The monoisotopic (exact) mass is 477 g/mol. The number of nitrogens with zero attached hydrogens (tertiary/aromatic N) is 3. The van der Waals surface area contributed by atoms with Crippen LogP contribution in [0.1, 0.15) is 5.56 Å². The summed E-state index contributed by atoms with van der Waals surface area (Å²) in [7, 11) is 1.55. The Bertz CT molecular complexity index is 1440. The Morgan fingerprint density at radius 3 is 2.67 bits per heavy atom. The molecule has 1 aliphatic rings. The number of hydrogen-bond acceptors (Lipinski definition) is 5. The number of anilines is 1. The molecule has 5 rings (SSSR count). The maximum absolute atomic E-state index is 13.5. The molecule has 0 saturated heterocycles. The van der Waals surface area contributed by atoms with Crippen molar-refractivity contribution in [2.24, 2.45) is 0 Å². The van der Waals surface area contributed by atoms with E-state index in [1.165, 1.54) is 21.9 Å². The molecule has 0 radical (unpaired) electrons. The molecule has 1 amide bonds. The molecule has 4 aromatic rings. The molecule has 0 N–H and O–H groups in total. The molecule has 8 heteroatoms. The van der Waals surface area contributed by atoms with Crippen LogP contribution in [0.3, 0.4) is 0 Å². The van der Waals surface area contributed by atoms with Gasteiger partial charge < -0.3 is 9.64 Å². The zero-order chi connectivity index (χ0) is 22.9. The molecule has 3 aromatic carbocycles. The number of hydrogen-bond donors (Lipinski definition) is 0. The maximum atomic E-state index is 13.5. The first-order valence-electron chi connectivity index (χ1n) is 10.4. The van der Waals surface area contributed by atoms with E-state index in [0.29, 0.717) is 39.1 Å². The Morgan fingerprint density at radius 1 is 1.09 bits per heavy atom. The number of benzene rings is 3. The van der Waals surface area contributed by atoms with E-state index in [0.717, 1.165) is 12.1 Å². The molecular weight excluding hydrogens is 458 g/mol. The minimum Gasteiger partial charge on any atom is -0.495 e. The molecule has 0 aliphatic carbocycles. The lowest BCUT2D eigenvalue weighted by atomic mass is 10.2. The van der Waals surface area contributed by atoms with E-state index >= 15 is 0 Å². The number of halogens is 1. The quantitative estimate of drug-likeness (QED) is 0.307. The molecule has 0 atom stereocenters. The van der Waals surface area contributed by atoms with E-state index in [1.54, 1.807) is 42.3 Å². The predicted octanol–water partition coefficient (Wildman–Crippen LogP) is 4.73. The van der Waals surface area contributed by atoms with E-state index < -0.39 is 0 Å². The van der Waals surface area contributed by atoms with Gasteiger partial charge in [0, 0.05) is 17.3 Å². The van der Waals surface area contributed by atoms with Crippen LogP contribution in [-0.4, -0.2) is 34.9 Å². The van der Waals surface area contributed by atoms with Crippen LogP contribution in [-0.2, 0) is 11.2 Å². The lowest BCUT2D eigenvalue weighted by Gasteiger charge is -2.18. The number of ether oxygens (including phenoxy) is 1. The summed E-state index contributed by atoms with van der Waals surface area (Å²) >= 11 is 7.38. The third-order valence-electron chi connectivity index (χ3n) is 5.64. The standard InChI is InChI=1S/C25H20ClN3O3S/c1-32-22-9-5-4-8-21(22)29-24(31)18-11-10-17(26)14-19(18)27-25(29)33-15-23(30)28-13-12-16-6-2-3-7-20(16)28/h2-11,14H,12-13,15H2,1H3. The molecule has 0 spiro atoms. The van der Waals surface area contributed by atoms with Crippen molar-refractivity contribution < 1.29 is 9.53 Å². The second-order valence-electron chi connectivity index (χ2n) is 7.58. The van der Waals surface area contributed by atoms with Gasteiger partial charge in [-0.3, -0.25) is 14.2 Å². The highest BCUT2D eigenvalue weighted by Gasteiger charge is 2.25. The van der Waals surface area contributed by atoms with Crippen LogP contribution in [0.5, 0.6) is 5.75 Å². The van der Waals surface area contributed by atoms with Crippen molar-refractivity contribution in [3.05, 3.63) is 87.7 Å². The number of rotatable bonds is 5. The second kappa shape index (κ2) is 8.92. The number of para-hydroxylation sites is 3. The van der Waals surface area contributed by atoms with Gasteiger partial charge in [0.15, 0.2) is 5.16 Å². The van der Waals surface area contributed by atoms with E-state index in [1.807, 2.05) is 36.4 Å². The van der Waals surface area contributed by atoms with Gasteiger partial charge in [-0.2, -0.15) is 0 Å². The Hall–Kier alpha value is -3.29. The largest absolute Gasteiger partial charge is 0.495 e. The highest BCUT2D eigenvalue weighted by Crippen LogP contribution is 2.31. The summed E-state index contributed by atoms with van der Waals surface area (Å²) in [5.74, 6) is 0.649.